The molecule has 1 aromatic heterocycles. The van der Waals surface area contributed by atoms with Crippen molar-refractivity contribution in [3.05, 3.63) is 75.4 Å². The fraction of sp³-hybridized carbons (Fsp3) is 0.158. The molecule has 2 heterocycles. The van der Waals surface area contributed by atoms with E-state index < -0.39 is 6.04 Å². The summed E-state index contributed by atoms with van der Waals surface area (Å²) in [6.07, 6.45) is 0. The number of amides is 1. The molecule has 3 aromatic rings. The average molecular weight is 425 g/mol. The molecule has 0 fully saturated rings. The van der Waals surface area contributed by atoms with Crippen LogP contribution in [0.15, 0.2) is 64.3 Å². The topological polar surface area (TPSA) is 84.7 Å². The van der Waals surface area contributed by atoms with E-state index in [4.69, 9.17) is 0 Å². The van der Waals surface area contributed by atoms with E-state index in [1.54, 1.807) is 4.68 Å². The lowest BCUT2D eigenvalue weighted by Gasteiger charge is -2.28. The number of allylic oxidation sites excluding steroid dienone is 1. The predicted molar refractivity (Wildman–Crippen MR) is 106 cm³/mol. The van der Waals surface area contributed by atoms with Crippen molar-refractivity contribution in [3.8, 4) is 0 Å². The van der Waals surface area contributed by atoms with E-state index in [0.717, 1.165) is 27.0 Å². The largest absolute Gasteiger partial charge is 0.326 e. The monoisotopic (exact) mass is 424 g/mol. The minimum absolute atomic E-state index is 0.196. The van der Waals surface area contributed by atoms with E-state index in [9.17, 15) is 4.79 Å². The molecular formula is C19H17BrN6O. The highest BCUT2D eigenvalue weighted by Crippen LogP contribution is 2.35. The Morgan fingerprint density at radius 1 is 1.11 bits per heavy atom. The summed E-state index contributed by atoms with van der Waals surface area (Å²) in [6, 6.07) is 15.1. The number of aryl methyl sites for hydroxylation is 1. The predicted octanol–water partition coefficient (Wildman–Crippen LogP) is 3.67. The smallest absolute Gasteiger partial charge is 0.255 e. The van der Waals surface area contributed by atoms with Crippen LogP contribution in [0.2, 0.25) is 0 Å². The minimum Gasteiger partial charge on any atom is -0.326 e. The Morgan fingerprint density at radius 2 is 1.81 bits per heavy atom. The molecule has 2 aromatic carbocycles. The van der Waals surface area contributed by atoms with Gasteiger partial charge in [0.2, 0.25) is 5.95 Å². The number of carbonyl (C=O) groups is 1. The van der Waals surface area contributed by atoms with Gasteiger partial charge >= 0.3 is 0 Å². The summed E-state index contributed by atoms with van der Waals surface area (Å²) in [6.45, 7) is 3.86. The number of carbonyl (C=O) groups excluding carboxylic acids is 1. The summed E-state index contributed by atoms with van der Waals surface area (Å²) in [5, 5.41) is 17.9. The number of tetrazole rings is 1. The van der Waals surface area contributed by atoms with Gasteiger partial charge in [-0.2, -0.15) is 4.68 Å². The van der Waals surface area contributed by atoms with Crippen molar-refractivity contribution in [1.82, 2.24) is 20.2 Å². The van der Waals surface area contributed by atoms with Crippen LogP contribution < -0.4 is 10.6 Å². The third-order valence-electron chi connectivity index (χ3n) is 4.45. The number of aromatic nitrogens is 4. The molecule has 1 amide bonds. The molecule has 7 nitrogen and oxygen atoms in total. The molecule has 0 saturated heterocycles. The molecule has 0 radical (unpaired) electrons. The normalized spacial score (nSPS) is 15.9. The molecular weight excluding hydrogens is 408 g/mol. The van der Waals surface area contributed by atoms with E-state index in [-0.39, 0.29) is 5.91 Å². The van der Waals surface area contributed by atoms with Crippen LogP contribution in [-0.4, -0.2) is 26.1 Å². The van der Waals surface area contributed by atoms with Crippen molar-refractivity contribution in [1.29, 1.82) is 0 Å². The molecule has 0 bridgehead atoms. The van der Waals surface area contributed by atoms with Gasteiger partial charge in [0.15, 0.2) is 0 Å². The number of hydrogen-bond donors (Lipinski definition) is 2. The second-order valence-corrected chi connectivity index (χ2v) is 7.30. The van der Waals surface area contributed by atoms with Crippen LogP contribution in [0.4, 0.5) is 11.6 Å². The maximum atomic E-state index is 13.1. The first kappa shape index (κ1) is 17.4. The fourth-order valence-electron chi connectivity index (χ4n) is 3.09. The van der Waals surface area contributed by atoms with E-state index in [0.29, 0.717) is 11.5 Å². The Hall–Kier alpha value is -3.00. The molecule has 2 N–H and O–H groups in total. The van der Waals surface area contributed by atoms with Crippen LogP contribution >= 0.6 is 15.9 Å². The van der Waals surface area contributed by atoms with Gasteiger partial charge in [0.1, 0.15) is 6.04 Å². The molecule has 136 valence electrons. The van der Waals surface area contributed by atoms with E-state index in [1.165, 1.54) is 0 Å². The standard InChI is InChI=1S/C19H17BrN6O/c1-11-3-9-15(10-4-11)22-18(27)16-12(2)21-19-23-24-25-26(19)17(16)13-5-7-14(20)8-6-13/h3-10,17H,1-2H3,(H,22,27)(H,21,23,25)/t17-/m0/s1. The molecule has 1 aliphatic rings. The Bertz CT molecular complexity index is 1020. The van der Waals surface area contributed by atoms with E-state index >= 15 is 0 Å². The van der Waals surface area contributed by atoms with Crippen LogP contribution in [0, 0.1) is 6.92 Å². The number of hydrogen-bond acceptors (Lipinski definition) is 5. The van der Waals surface area contributed by atoms with Crippen molar-refractivity contribution < 1.29 is 4.79 Å². The van der Waals surface area contributed by atoms with Crippen LogP contribution in [0.3, 0.4) is 0 Å². The van der Waals surface area contributed by atoms with Crippen molar-refractivity contribution >= 4 is 33.5 Å². The Kier molecular flexibility index (Phi) is 4.49. The van der Waals surface area contributed by atoms with Gasteiger partial charge < -0.3 is 10.6 Å². The fourth-order valence-corrected chi connectivity index (χ4v) is 3.36. The first-order valence-corrected chi connectivity index (χ1v) is 9.21. The Morgan fingerprint density at radius 3 is 2.52 bits per heavy atom. The Labute approximate surface area is 164 Å². The van der Waals surface area contributed by atoms with Gasteiger partial charge in [-0.1, -0.05) is 50.9 Å². The Balaban J connectivity index is 1.74. The van der Waals surface area contributed by atoms with Gasteiger partial charge in [-0.15, -0.1) is 0 Å². The highest BCUT2D eigenvalue weighted by atomic mass is 79.9. The number of nitrogens with one attached hydrogen (secondary N) is 2. The maximum absolute atomic E-state index is 13.1. The summed E-state index contributed by atoms with van der Waals surface area (Å²) in [7, 11) is 0. The van der Waals surface area contributed by atoms with Crippen molar-refractivity contribution in [2.75, 3.05) is 10.6 Å². The second-order valence-electron chi connectivity index (χ2n) is 6.38. The quantitative estimate of drug-likeness (QED) is 0.669. The van der Waals surface area contributed by atoms with Crippen molar-refractivity contribution in [3.63, 3.8) is 0 Å². The summed E-state index contributed by atoms with van der Waals surface area (Å²) in [5.41, 5.74) is 4.07. The van der Waals surface area contributed by atoms with E-state index in [1.807, 2.05) is 62.4 Å². The average Bonchev–Trinajstić information content (AvgIpc) is 3.11. The summed E-state index contributed by atoms with van der Waals surface area (Å²) < 4.78 is 2.59. The second kappa shape index (κ2) is 6.96. The molecule has 27 heavy (non-hydrogen) atoms. The van der Waals surface area contributed by atoms with Gasteiger partial charge in [-0.05, 0) is 54.1 Å². The zero-order valence-corrected chi connectivity index (χ0v) is 16.4. The highest BCUT2D eigenvalue weighted by molar-refractivity contribution is 9.10. The van der Waals surface area contributed by atoms with Gasteiger partial charge in [0.25, 0.3) is 5.91 Å². The molecule has 0 aliphatic carbocycles. The molecule has 0 unspecified atom stereocenters. The molecule has 1 atom stereocenters. The van der Waals surface area contributed by atoms with Crippen LogP contribution in [0.5, 0.6) is 0 Å². The first-order valence-electron chi connectivity index (χ1n) is 8.42. The molecule has 1 aliphatic heterocycles. The van der Waals surface area contributed by atoms with Crippen molar-refractivity contribution in [2.24, 2.45) is 0 Å². The number of anilines is 2. The SMILES string of the molecule is CC1=C(C(=O)Nc2ccc(C)cc2)[C@H](c2ccc(Br)cc2)n2nnnc2N1. The lowest BCUT2D eigenvalue weighted by molar-refractivity contribution is -0.113. The number of benzene rings is 2. The minimum atomic E-state index is -0.421. The van der Waals surface area contributed by atoms with Crippen molar-refractivity contribution in [2.45, 2.75) is 19.9 Å². The summed E-state index contributed by atoms with van der Waals surface area (Å²) in [4.78, 5) is 13.1. The molecule has 4 rings (SSSR count). The number of halogens is 1. The number of rotatable bonds is 3. The van der Waals surface area contributed by atoms with Gasteiger partial charge in [0.05, 0.1) is 5.57 Å². The molecule has 0 saturated carbocycles. The van der Waals surface area contributed by atoms with Gasteiger partial charge in [-0.3, -0.25) is 4.79 Å². The maximum Gasteiger partial charge on any atom is 0.255 e. The first-order chi connectivity index (χ1) is 13.0. The lowest BCUT2D eigenvalue weighted by atomic mass is 9.95. The van der Waals surface area contributed by atoms with Gasteiger partial charge in [-0.25, -0.2) is 0 Å². The van der Waals surface area contributed by atoms with Crippen LogP contribution in [-0.2, 0) is 4.79 Å². The van der Waals surface area contributed by atoms with E-state index in [2.05, 4.69) is 42.1 Å². The third kappa shape index (κ3) is 3.35. The third-order valence-corrected chi connectivity index (χ3v) is 4.98. The molecule has 0 spiro atoms. The highest BCUT2D eigenvalue weighted by Gasteiger charge is 2.33. The number of fused-ring (bicyclic) bond motifs is 1. The zero-order valence-electron chi connectivity index (χ0n) is 14.8. The number of nitrogens with zero attached hydrogens (tertiary/aromatic N) is 4. The summed E-state index contributed by atoms with van der Waals surface area (Å²) in [5.74, 6) is 0.310. The lowest BCUT2D eigenvalue weighted by Crippen LogP contribution is -2.31. The van der Waals surface area contributed by atoms with Gasteiger partial charge in [0, 0.05) is 15.9 Å². The summed E-state index contributed by atoms with van der Waals surface area (Å²) >= 11 is 3.45. The van der Waals surface area contributed by atoms with Crippen LogP contribution in [0.25, 0.3) is 0 Å². The van der Waals surface area contributed by atoms with Crippen LogP contribution in [0.1, 0.15) is 24.1 Å². The zero-order chi connectivity index (χ0) is 19.0. The molecule has 8 heteroatoms.